The molecule has 0 unspecified atom stereocenters. The number of carbonyl (C=O) groups excluding carboxylic acids is 1. The molecule has 1 aliphatic rings. The van der Waals surface area contributed by atoms with Gasteiger partial charge in [-0.2, -0.15) is 0 Å². The second-order valence-corrected chi connectivity index (χ2v) is 4.56. The van der Waals surface area contributed by atoms with Gasteiger partial charge in [-0.1, -0.05) is 19.3 Å². The van der Waals surface area contributed by atoms with Crippen molar-refractivity contribution < 1.29 is 13.9 Å². The molecule has 1 saturated carbocycles. The second-order valence-electron chi connectivity index (χ2n) is 4.56. The van der Waals surface area contributed by atoms with Crippen molar-refractivity contribution in [1.82, 2.24) is 5.32 Å². The molecule has 17 heavy (non-hydrogen) atoms. The van der Waals surface area contributed by atoms with Gasteiger partial charge in [0.2, 0.25) is 0 Å². The predicted molar refractivity (Wildman–Crippen MR) is 63.7 cm³/mol. The third kappa shape index (κ3) is 3.33. The molecule has 1 heterocycles. The van der Waals surface area contributed by atoms with Crippen LogP contribution < -0.4 is 5.32 Å². The summed E-state index contributed by atoms with van der Waals surface area (Å²) in [6.07, 6.45) is 6.84. The summed E-state index contributed by atoms with van der Waals surface area (Å²) < 4.78 is 9.88. The van der Waals surface area contributed by atoms with E-state index < -0.39 is 0 Å². The Hall–Kier alpha value is -1.29. The highest BCUT2D eigenvalue weighted by atomic mass is 16.5. The summed E-state index contributed by atoms with van der Waals surface area (Å²) in [4.78, 5) is 11.2. The van der Waals surface area contributed by atoms with Gasteiger partial charge in [0.25, 0.3) is 0 Å². The van der Waals surface area contributed by atoms with Gasteiger partial charge >= 0.3 is 5.97 Å². The summed E-state index contributed by atoms with van der Waals surface area (Å²) in [5.74, 6) is 1.35. The highest BCUT2D eigenvalue weighted by Gasteiger charge is 2.16. The molecule has 0 amide bonds. The first-order chi connectivity index (χ1) is 8.29. The predicted octanol–water partition coefficient (Wildman–Crippen LogP) is 2.35. The molecule has 1 aliphatic carbocycles. The molecule has 1 fully saturated rings. The van der Waals surface area contributed by atoms with E-state index in [1.54, 1.807) is 6.07 Å². The van der Waals surface area contributed by atoms with E-state index in [1.807, 2.05) is 0 Å². The topological polar surface area (TPSA) is 51.5 Å². The van der Waals surface area contributed by atoms with Crippen LogP contribution in [0.4, 0.5) is 0 Å². The second kappa shape index (κ2) is 5.87. The zero-order chi connectivity index (χ0) is 12.1. The van der Waals surface area contributed by atoms with Crippen molar-refractivity contribution in [2.75, 3.05) is 13.7 Å². The molecule has 94 valence electrons. The van der Waals surface area contributed by atoms with E-state index in [0.29, 0.717) is 12.1 Å². The van der Waals surface area contributed by atoms with Crippen molar-refractivity contribution in [2.24, 2.45) is 5.92 Å². The molecule has 1 aromatic rings. The first-order valence-corrected chi connectivity index (χ1v) is 6.16. The van der Waals surface area contributed by atoms with Crippen LogP contribution in [0.5, 0.6) is 0 Å². The third-order valence-corrected chi connectivity index (χ3v) is 3.33. The normalized spacial score (nSPS) is 15.6. The summed E-state index contributed by atoms with van der Waals surface area (Å²) in [6.45, 7) is 1.68. The molecular weight excluding hydrogens is 218 g/mol. The molecule has 2 rings (SSSR count). The maximum atomic E-state index is 11.2. The number of carbonyl (C=O) groups is 1. The van der Waals surface area contributed by atoms with Gasteiger partial charge in [-0.15, -0.1) is 0 Å². The maximum absolute atomic E-state index is 11.2. The lowest BCUT2D eigenvalue weighted by molar-refractivity contribution is 0.0600. The van der Waals surface area contributed by atoms with Crippen LogP contribution in [0.3, 0.4) is 0 Å². The number of nitrogens with one attached hydrogen (secondary N) is 1. The fourth-order valence-electron chi connectivity index (χ4n) is 2.00. The number of rotatable bonds is 6. The lowest BCUT2D eigenvalue weighted by atomic mass is 9.83. The van der Waals surface area contributed by atoms with Gasteiger partial charge < -0.3 is 14.5 Å². The Morgan fingerprint density at radius 3 is 3.06 bits per heavy atom. The monoisotopic (exact) mass is 237 g/mol. The zero-order valence-corrected chi connectivity index (χ0v) is 10.2. The number of hydrogen-bond acceptors (Lipinski definition) is 4. The smallest absolute Gasteiger partial charge is 0.341 e. The van der Waals surface area contributed by atoms with E-state index >= 15 is 0 Å². The summed E-state index contributed by atoms with van der Waals surface area (Å²) in [6, 6.07) is 1.72. The van der Waals surface area contributed by atoms with E-state index in [-0.39, 0.29) is 5.97 Å². The van der Waals surface area contributed by atoms with Gasteiger partial charge in [0, 0.05) is 0 Å². The van der Waals surface area contributed by atoms with E-state index in [9.17, 15) is 4.79 Å². The number of esters is 1. The summed E-state index contributed by atoms with van der Waals surface area (Å²) in [5, 5.41) is 3.33. The lowest BCUT2D eigenvalue weighted by Gasteiger charge is -2.25. The molecule has 1 N–H and O–H groups in total. The molecule has 0 saturated heterocycles. The summed E-state index contributed by atoms with van der Waals surface area (Å²) in [5.41, 5.74) is 0.475. The van der Waals surface area contributed by atoms with Crippen LogP contribution in [0, 0.1) is 5.92 Å². The van der Waals surface area contributed by atoms with Gasteiger partial charge in [-0.25, -0.2) is 4.79 Å². The third-order valence-electron chi connectivity index (χ3n) is 3.33. The number of furan rings is 1. The Morgan fingerprint density at radius 2 is 2.41 bits per heavy atom. The quantitative estimate of drug-likeness (QED) is 0.609. The van der Waals surface area contributed by atoms with Crippen molar-refractivity contribution >= 4 is 5.97 Å². The Kier molecular flexibility index (Phi) is 4.20. The van der Waals surface area contributed by atoms with Gasteiger partial charge in [0.15, 0.2) is 0 Å². The van der Waals surface area contributed by atoms with Crippen LogP contribution in [0.25, 0.3) is 0 Å². The maximum Gasteiger partial charge on any atom is 0.341 e. The summed E-state index contributed by atoms with van der Waals surface area (Å²) in [7, 11) is 1.37. The van der Waals surface area contributed by atoms with E-state index in [1.165, 1.54) is 39.1 Å². The Morgan fingerprint density at radius 1 is 1.59 bits per heavy atom. The molecule has 0 radical (unpaired) electrons. The van der Waals surface area contributed by atoms with Crippen molar-refractivity contribution in [2.45, 2.75) is 32.2 Å². The van der Waals surface area contributed by atoms with Crippen LogP contribution in [0.15, 0.2) is 16.7 Å². The Labute approximate surface area is 101 Å². The number of hydrogen-bond donors (Lipinski definition) is 1. The molecule has 0 aliphatic heterocycles. The Bertz CT molecular complexity index is 368. The molecule has 0 atom stereocenters. The Balaban J connectivity index is 1.67. The molecule has 4 nitrogen and oxygen atoms in total. The highest BCUT2D eigenvalue weighted by Crippen LogP contribution is 2.28. The molecule has 0 bridgehead atoms. The highest BCUT2D eigenvalue weighted by molar-refractivity contribution is 5.88. The first kappa shape index (κ1) is 12.2. The minimum Gasteiger partial charge on any atom is -0.467 e. The van der Waals surface area contributed by atoms with Crippen molar-refractivity contribution in [1.29, 1.82) is 0 Å². The van der Waals surface area contributed by atoms with Gasteiger partial charge in [0.1, 0.15) is 12.0 Å². The molecule has 0 aromatic carbocycles. The van der Waals surface area contributed by atoms with Gasteiger partial charge in [-0.3, -0.25) is 0 Å². The minimum atomic E-state index is -0.352. The SMILES string of the molecule is COC(=O)c1coc(CNCCC2CCC2)c1. The largest absolute Gasteiger partial charge is 0.467 e. The lowest BCUT2D eigenvalue weighted by Crippen LogP contribution is -2.20. The fraction of sp³-hybridized carbons (Fsp3) is 0.615. The van der Waals surface area contributed by atoms with Gasteiger partial charge in [0.05, 0.1) is 19.2 Å². The minimum absolute atomic E-state index is 0.352. The average Bonchev–Trinajstić information content (AvgIpc) is 2.74. The summed E-state index contributed by atoms with van der Waals surface area (Å²) >= 11 is 0. The van der Waals surface area contributed by atoms with Crippen molar-refractivity contribution in [3.05, 3.63) is 23.7 Å². The first-order valence-electron chi connectivity index (χ1n) is 6.16. The van der Waals surface area contributed by atoms with Crippen LogP contribution in [-0.4, -0.2) is 19.6 Å². The van der Waals surface area contributed by atoms with E-state index in [2.05, 4.69) is 10.1 Å². The van der Waals surface area contributed by atoms with E-state index in [0.717, 1.165) is 18.2 Å². The number of methoxy groups -OCH3 is 1. The van der Waals surface area contributed by atoms with Crippen molar-refractivity contribution in [3.8, 4) is 0 Å². The fourth-order valence-corrected chi connectivity index (χ4v) is 2.00. The molecule has 0 spiro atoms. The molecular formula is C13H19NO3. The number of ether oxygens (including phenoxy) is 1. The standard InChI is InChI=1S/C13H19NO3/c1-16-13(15)11-7-12(17-9-11)8-14-6-5-10-3-2-4-10/h7,9-10,14H,2-6,8H2,1H3. The molecule has 4 heteroatoms. The van der Waals surface area contributed by atoms with Gasteiger partial charge in [-0.05, 0) is 24.9 Å². The average molecular weight is 237 g/mol. The van der Waals surface area contributed by atoms with E-state index in [4.69, 9.17) is 4.42 Å². The zero-order valence-electron chi connectivity index (χ0n) is 10.2. The van der Waals surface area contributed by atoms with Crippen LogP contribution in [0.1, 0.15) is 41.8 Å². The van der Waals surface area contributed by atoms with Crippen LogP contribution in [-0.2, 0) is 11.3 Å². The van der Waals surface area contributed by atoms with Crippen LogP contribution in [0.2, 0.25) is 0 Å². The van der Waals surface area contributed by atoms with Crippen LogP contribution >= 0.6 is 0 Å². The van der Waals surface area contributed by atoms with Crippen molar-refractivity contribution in [3.63, 3.8) is 0 Å². The molecule has 1 aromatic heterocycles.